The van der Waals surface area contributed by atoms with E-state index in [1.807, 2.05) is 6.20 Å². The molecule has 1 aromatic rings. The lowest BCUT2D eigenvalue weighted by Gasteiger charge is -2.27. The number of likely N-dealkylation sites (tertiary alicyclic amines) is 1. The van der Waals surface area contributed by atoms with Crippen LogP contribution < -0.4 is 4.90 Å². The highest BCUT2D eigenvalue weighted by Crippen LogP contribution is 2.35. The summed E-state index contributed by atoms with van der Waals surface area (Å²) in [6, 6.07) is 4.89. The zero-order valence-electron chi connectivity index (χ0n) is 11.9. The summed E-state index contributed by atoms with van der Waals surface area (Å²) in [7, 11) is 4.16. The molecule has 0 saturated carbocycles. The molecule has 2 rings (SSSR count). The Morgan fingerprint density at radius 2 is 2.28 bits per heavy atom. The summed E-state index contributed by atoms with van der Waals surface area (Å²) in [5, 5.41) is 0. The molecule has 2 heterocycles. The molecule has 3 nitrogen and oxygen atoms in total. The molecule has 1 fully saturated rings. The molecule has 1 aromatic heterocycles. The normalized spacial score (nSPS) is 20.3. The second-order valence-electron chi connectivity index (χ2n) is 5.36. The number of unbranched alkanes of at least 4 members (excludes halogenated alkanes) is 1. The zero-order valence-corrected chi connectivity index (χ0v) is 11.9. The first-order valence-electron chi connectivity index (χ1n) is 7.10. The molecule has 1 saturated heterocycles. The van der Waals surface area contributed by atoms with E-state index in [4.69, 9.17) is 0 Å². The van der Waals surface area contributed by atoms with Crippen LogP contribution in [0.4, 0.5) is 5.82 Å². The number of hydrogen-bond donors (Lipinski definition) is 0. The van der Waals surface area contributed by atoms with Crippen LogP contribution in [0.3, 0.4) is 0 Å². The second-order valence-corrected chi connectivity index (χ2v) is 5.36. The van der Waals surface area contributed by atoms with Crippen LogP contribution in [0.25, 0.3) is 0 Å². The minimum absolute atomic E-state index is 0.572. The lowest BCUT2D eigenvalue weighted by molar-refractivity contribution is 0.253. The first-order valence-corrected chi connectivity index (χ1v) is 7.10. The number of nitrogens with zero attached hydrogens (tertiary/aromatic N) is 3. The molecule has 0 bridgehead atoms. The number of rotatable bonds is 5. The van der Waals surface area contributed by atoms with Gasteiger partial charge in [0, 0.05) is 31.9 Å². The molecular formula is C15H25N3. The molecule has 0 N–H and O–H groups in total. The second kappa shape index (κ2) is 6.19. The third kappa shape index (κ3) is 2.83. The highest BCUT2D eigenvalue weighted by Gasteiger charge is 2.27. The van der Waals surface area contributed by atoms with Crippen molar-refractivity contribution in [1.82, 2.24) is 9.88 Å². The van der Waals surface area contributed by atoms with Crippen molar-refractivity contribution in [3.05, 3.63) is 23.9 Å². The Bertz CT molecular complexity index is 376. The summed E-state index contributed by atoms with van der Waals surface area (Å²) in [5.41, 5.74) is 1.40. The number of aromatic nitrogens is 1. The van der Waals surface area contributed by atoms with E-state index in [1.165, 1.54) is 44.3 Å². The predicted molar refractivity (Wildman–Crippen MR) is 77.0 cm³/mol. The molecule has 18 heavy (non-hydrogen) atoms. The first-order chi connectivity index (χ1) is 8.74. The molecule has 1 aliphatic heterocycles. The van der Waals surface area contributed by atoms with Crippen LogP contribution >= 0.6 is 0 Å². The fourth-order valence-electron chi connectivity index (χ4n) is 2.85. The quantitative estimate of drug-likeness (QED) is 0.797. The third-order valence-electron chi connectivity index (χ3n) is 3.76. The van der Waals surface area contributed by atoms with Gasteiger partial charge in [-0.2, -0.15) is 0 Å². The maximum atomic E-state index is 4.54. The van der Waals surface area contributed by atoms with E-state index in [0.29, 0.717) is 6.04 Å². The molecular weight excluding hydrogens is 222 g/mol. The molecule has 0 aliphatic carbocycles. The third-order valence-corrected chi connectivity index (χ3v) is 3.76. The van der Waals surface area contributed by atoms with Gasteiger partial charge in [-0.05, 0) is 38.4 Å². The van der Waals surface area contributed by atoms with E-state index in [2.05, 4.69) is 47.9 Å². The Hall–Kier alpha value is -1.09. The summed E-state index contributed by atoms with van der Waals surface area (Å²) in [4.78, 5) is 9.30. The van der Waals surface area contributed by atoms with Crippen molar-refractivity contribution in [1.29, 1.82) is 0 Å². The standard InChI is InChI=1S/C15H25N3/c1-4-5-11-18-12-7-9-14(18)13-8-6-10-16-15(13)17(2)3/h6,8,10,14H,4-5,7,9,11-12H2,1-3H3/t14-/m1/s1. The summed E-state index contributed by atoms with van der Waals surface area (Å²) < 4.78 is 0. The molecule has 0 amide bonds. The van der Waals surface area contributed by atoms with Crippen molar-refractivity contribution in [2.75, 3.05) is 32.1 Å². The fourth-order valence-corrected chi connectivity index (χ4v) is 2.85. The maximum absolute atomic E-state index is 4.54. The van der Waals surface area contributed by atoms with Gasteiger partial charge < -0.3 is 4.90 Å². The van der Waals surface area contributed by atoms with Crippen molar-refractivity contribution >= 4 is 5.82 Å². The molecule has 0 spiro atoms. The van der Waals surface area contributed by atoms with E-state index in [1.54, 1.807) is 0 Å². The highest BCUT2D eigenvalue weighted by molar-refractivity contribution is 5.47. The minimum Gasteiger partial charge on any atom is -0.362 e. The van der Waals surface area contributed by atoms with Gasteiger partial charge in [0.25, 0.3) is 0 Å². The lowest BCUT2D eigenvalue weighted by Crippen LogP contribution is -2.26. The van der Waals surface area contributed by atoms with E-state index in [-0.39, 0.29) is 0 Å². The largest absolute Gasteiger partial charge is 0.362 e. The van der Waals surface area contributed by atoms with E-state index in [9.17, 15) is 0 Å². The Morgan fingerprint density at radius 3 is 3.00 bits per heavy atom. The van der Waals surface area contributed by atoms with Crippen LogP contribution in [-0.2, 0) is 0 Å². The van der Waals surface area contributed by atoms with Gasteiger partial charge in [0.15, 0.2) is 0 Å². The fraction of sp³-hybridized carbons (Fsp3) is 0.667. The lowest BCUT2D eigenvalue weighted by atomic mass is 10.0. The van der Waals surface area contributed by atoms with Gasteiger partial charge in [0.1, 0.15) is 5.82 Å². The van der Waals surface area contributed by atoms with E-state index < -0.39 is 0 Å². The topological polar surface area (TPSA) is 19.4 Å². The van der Waals surface area contributed by atoms with Crippen LogP contribution in [-0.4, -0.2) is 37.1 Å². The van der Waals surface area contributed by atoms with Gasteiger partial charge in [-0.1, -0.05) is 19.4 Å². The van der Waals surface area contributed by atoms with Gasteiger partial charge in [0.2, 0.25) is 0 Å². The Labute approximate surface area is 111 Å². The molecule has 0 radical (unpaired) electrons. The van der Waals surface area contributed by atoms with Crippen molar-refractivity contribution in [2.45, 2.75) is 38.6 Å². The average Bonchev–Trinajstić information content (AvgIpc) is 2.84. The van der Waals surface area contributed by atoms with Crippen LogP contribution in [0.2, 0.25) is 0 Å². The van der Waals surface area contributed by atoms with Crippen molar-refractivity contribution < 1.29 is 0 Å². The summed E-state index contributed by atoms with van der Waals surface area (Å²) in [6.07, 6.45) is 7.06. The smallest absolute Gasteiger partial charge is 0.132 e. The first kappa shape index (κ1) is 13.3. The predicted octanol–water partition coefficient (Wildman–Crippen LogP) is 3.08. The summed E-state index contributed by atoms with van der Waals surface area (Å²) in [5.74, 6) is 1.13. The SMILES string of the molecule is CCCCN1CCC[C@@H]1c1cccnc1N(C)C. The zero-order chi connectivity index (χ0) is 13.0. The minimum atomic E-state index is 0.572. The van der Waals surface area contributed by atoms with Crippen molar-refractivity contribution in [2.24, 2.45) is 0 Å². The monoisotopic (exact) mass is 247 g/mol. The Morgan fingerprint density at radius 1 is 1.44 bits per heavy atom. The molecule has 100 valence electrons. The van der Waals surface area contributed by atoms with Gasteiger partial charge in [0.05, 0.1) is 0 Å². The van der Waals surface area contributed by atoms with Gasteiger partial charge >= 0.3 is 0 Å². The molecule has 0 aromatic carbocycles. The van der Waals surface area contributed by atoms with Gasteiger partial charge in [-0.25, -0.2) is 4.98 Å². The molecule has 0 unspecified atom stereocenters. The van der Waals surface area contributed by atoms with Crippen molar-refractivity contribution in [3.63, 3.8) is 0 Å². The number of anilines is 1. The Kier molecular flexibility index (Phi) is 4.59. The van der Waals surface area contributed by atoms with E-state index in [0.717, 1.165) is 5.82 Å². The van der Waals surface area contributed by atoms with Gasteiger partial charge in [-0.3, -0.25) is 4.90 Å². The van der Waals surface area contributed by atoms with Crippen LogP contribution in [0, 0.1) is 0 Å². The highest BCUT2D eigenvalue weighted by atomic mass is 15.2. The van der Waals surface area contributed by atoms with Crippen LogP contribution in [0.5, 0.6) is 0 Å². The maximum Gasteiger partial charge on any atom is 0.132 e. The average molecular weight is 247 g/mol. The van der Waals surface area contributed by atoms with E-state index >= 15 is 0 Å². The molecule has 1 atom stereocenters. The van der Waals surface area contributed by atoms with Crippen molar-refractivity contribution in [3.8, 4) is 0 Å². The van der Waals surface area contributed by atoms with Crippen LogP contribution in [0.15, 0.2) is 18.3 Å². The molecule has 1 aliphatic rings. The van der Waals surface area contributed by atoms with Crippen LogP contribution in [0.1, 0.15) is 44.2 Å². The summed E-state index contributed by atoms with van der Waals surface area (Å²) in [6.45, 7) is 4.73. The number of hydrogen-bond acceptors (Lipinski definition) is 3. The summed E-state index contributed by atoms with van der Waals surface area (Å²) >= 11 is 0. The number of pyridine rings is 1. The Balaban J connectivity index is 2.19. The molecule has 3 heteroatoms. The van der Waals surface area contributed by atoms with Gasteiger partial charge in [-0.15, -0.1) is 0 Å².